The van der Waals surface area contributed by atoms with Crippen LogP contribution in [0.2, 0.25) is 0 Å². The van der Waals surface area contributed by atoms with Crippen LogP contribution >= 0.6 is 0 Å². The molecule has 0 spiro atoms. The lowest BCUT2D eigenvalue weighted by Gasteiger charge is -2.40. The zero-order chi connectivity index (χ0) is 37.8. The zero-order valence-electron chi connectivity index (χ0n) is 30.9. The Balaban J connectivity index is 1.87. The smallest absolute Gasteiger partial charge is 0.245 e. The largest absolute Gasteiger partial charge is 0.508 e. The van der Waals surface area contributed by atoms with E-state index in [0.29, 0.717) is 18.3 Å². The quantitative estimate of drug-likeness (QED) is 0.145. The number of hydrogen-bond acceptors (Lipinski definition) is 9. The zero-order valence-corrected chi connectivity index (χ0v) is 30.9. The molecule has 1 aliphatic heterocycles. The van der Waals surface area contributed by atoms with Crippen molar-refractivity contribution in [3.63, 3.8) is 0 Å². The maximum Gasteiger partial charge on any atom is 0.245 e. The molecular formula is C39H57N3O8. The minimum Gasteiger partial charge on any atom is -0.508 e. The van der Waals surface area contributed by atoms with E-state index >= 15 is 0 Å². The van der Waals surface area contributed by atoms with Gasteiger partial charge in [-0.15, -0.1) is 0 Å². The normalized spacial score (nSPS) is 22.3. The van der Waals surface area contributed by atoms with Crippen molar-refractivity contribution < 1.29 is 39.5 Å². The number of benzene rings is 2. The number of aldehydes is 1. The maximum absolute atomic E-state index is 13.3. The maximum atomic E-state index is 13.3. The first-order chi connectivity index (χ1) is 23.1. The highest BCUT2D eigenvalue weighted by Crippen LogP contribution is 2.42. The second-order valence-electron chi connectivity index (χ2n) is 15.6. The first kappa shape index (κ1) is 40.8. The highest BCUT2D eigenvalue weighted by Gasteiger charge is 2.45. The average Bonchev–Trinajstić information content (AvgIpc) is 3.04. The molecule has 1 aliphatic rings. The number of hydrogen-bond donors (Lipinski definition) is 7. The molecule has 11 nitrogen and oxygen atoms in total. The molecule has 1 heterocycles. The monoisotopic (exact) mass is 695 g/mol. The number of amides is 2. The van der Waals surface area contributed by atoms with E-state index in [9.17, 15) is 34.8 Å². The van der Waals surface area contributed by atoms with Gasteiger partial charge in [-0.25, -0.2) is 0 Å². The molecule has 8 N–H and O–H groups in total. The molecule has 3 unspecified atom stereocenters. The Morgan fingerprint density at radius 1 is 1.02 bits per heavy atom. The molecule has 2 amide bonds. The summed E-state index contributed by atoms with van der Waals surface area (Å²) in [6.07, 6.45) is 0.399. The number of nitrogens with one attached hydrogen (secondary N) is 2. The van der Waals surface area contributed by atoms with Crippen LogP contribution in [-0.4, -0.2) is 81.1 Å². The average molecular weight is 696 g/mol. The van der Waals surface area contributed by atoms with Gasteiger partial charge in [0.25, 0.3) is 0 Å². The fourth-order valence-corrected chi connectivity index (χ4v) is 5.93. The SMILES string of the molecule is CCC(C)c1cc(O)c([C@@H]2O[C@H](CO)C(O)[C@H](O)C2C=O)cc1Cc1ccc(/C=C/C(C)(C)C(=O)NC(C)(C)C(=O)NCC(C)(C)N)cc1C. The van der Waals surface area contributed by atoms with Gasteiger partial charge in [0.2, 0.25) is 11.8 Å². The van der Waals surface area contributed by atoms with Crippen LogP contribution in [0.25, 0.3) is 6.08 Å². The van der Waals surface area contributed by atoms with Crippen LogP contribution in [-0.2, 0) is 25.5 Å². The lowest BCUT2D eigenvalue weighted by atomic mass is 9.81. The molecule has 2 aromatic carbocycles. The summed E-state index contributed by atoms with van der Waals surface area (Å²) in [6.45, 7) is 16.3. The van der Waals surface area contributed by atoms with Gasteiger partial charge >= 0.3 is 0 Å². The van der Waals surface area contributed by atoms with Gasteiger partial charge in [-0.2, -0.15) is 0 Å². The van der Waals surface area contributed by atoms with Crippen LogP contribution in [0.5, 0.6) is 5.75 Å². The number of aliphatic hydroxyl groups is 3. The Morgan fingerprint density at radius 2 is 1.68 bits per heavy atom. The number of aromatic hydroxyl groups is 1. The highest BCUT2D eigenvalue weighted by molar-refractivity contribution is 5.93. The first-order valence-electron chi connectivity index (χ1n) is 17.3. The van der Waals surface area contributed by atoms with Crippen LogP contribution in [0.1, 0.15) is 107 Å². The second-order valence-corrected chi connectivity index (χ2v) is 15.6. The van der Waals surface area contributed by atoms with Gasteiger partial charge in [0.1, 0.15) is 29.8 Å². The molecule has 2 aromatic rings. The van der Waals surface area contributed by atoms with Crippen LogP contribution in [0, 0.1) is 18.3 Å². The summed E-state index contributed by atoms with van der Waals surface area (Å²) in [7, 11) is 0. The summed E-state index contributed by atoms with van der Waals surface area (Å²) in [5.41, 5.74) is 8.38. The van der Waals surface area contributed by atoms with E-state index in [0.717, 1.165) is 34.2 Å². The summed E-state index contributed by atoms with van der Waals surface area (Å²) in [5.74, 6) is -1.76. The number of aliphatic hydroxyl groups excluding tert-OH is 3. The van der Waals surface area contributed by atoms with Gasteiger partial charge in [0, 0.05) is 17.6 Å². The van der Waals surface area contributed by atoms with Crippen LogP contribution in [0.4, 0.5) is 0 Å². The fourth-order valence-electron chi connectivity index (χ4n) is 5.93. The molecule has 6 atom stereocenters. The number of ether oxygens (including phenoxy) is 1. The Labute approximate surface area is 296 Å². The van der Waals surface area contributed by atoms with Crippen molar-refractivity contribution in [2.75, 3.05) is 13.2 Å². The summed E-state index contributed by atoms with van der Waals surface area (Å²) in [4.78, 5) is 38.1. The van der Waals surface area contributed by atoms with E-state index in [2.05, 4.69) is 24.5 Å². The first-order valence-corrected chi connectivity index (χ1v) is 17.3. The van der Waals surface area contributed by atoms with Crippen molar-refractivity contribution >= 4 is 24.2 Å². The summed E-state index contributed by atoms with van der Waals surface area (Å²) < 4.78 is 5.88. The van der Waals surface area contributed by atoms with Crippen LogP contribution < -0.4 is 16.4 Å². The number of phenolic OH excluding ortho intramolecular Hbond substituents is 1. The topological polar surface area (TPSA) is 191 Å². The molecule has 0 aromatic heterocycles. The van der Waals surface area contributed by atoms with Crippen molar-refractivity contribution in [2.24, 2.45) is 17.1 Å². The van der Waals surface area contributed by atoms with E-state index in [1.165, 1.54) is 0 Å². The van der Waals surface area contributed by atoms with Crippen molar-refractivity contribution in [3.05, 3.63) is 69.8 Å². The molecule has 1 fully saturated rings. The van der Waals surface area contributed by atoms with Crippen LogP contribution in [0.15, 0.2) is 36.4 Å². The van der Waals surface area contributed by atoms with E-state index in [4.69, 9.17) is 10.5 Å². The predicted octanol–water partition coefficient (Wildman–Crippen LogP) is 3.56. The molecule has 0 saturated carbocycles. The lowest BCUT2D eigenvalue weighted by Crippen LogP contribution is -2.59. The molecule has 3 rings (SSSR count). The number of carbonyl (C=O) groups excluding carboxylic acids is 3. The van der Waals surface area contributed by atoms with Gasteiger partial charge in [0.05, 0.1) is 30.1 Å². The van der Waals surface area contributed by atoms with Crippen molar-refractivity contribution in [1.82, 2.24) is 10.6 Å². The van der Waals surface area contributed by atoms with E-state index < -0.39 is 53.4 Å². The van der Waals surface area contributed by atoms with Gasteiger partial charge in [-0.3, -0.25) is 9.59 Å². The number of rotatable bonds is 14. The van der Waals surface area contributed by atoms with Gasteiger partial charge in [-0.1, -0.05) is 44.2 Å². The molecular weight excluding hydrogens is 638 g/mol. The summed E-state index contributed by atoms with van der Waals surface area (Å²) in [6, 6.07) is 9.46. The molecule has 1 saturated heterocycles. The number of nitrogens with two attached hydrogens (primary N) is 1. The van der Waals surface area contributed by atoms with E-state index in [1.54, 1.807) is 59.8 Å². The van der Waals surface area contributed by atoms with E-state index in [-0.39, 0.29) is 30.0 Å². The number of carbonyl (C=O) groups is 3. The van der Waals surface area contributed by atoms with Gasteiger partial charge in [0.15, 0.2) is 0 Å². The third-order valence-corrected chi connectivity index (χ3v) is 9.60. The fraction of sp³-hybridized carbons (Fsp3) is 0.564. The molecule has 0 bridgehead atoms. The molecule has 0 aliphatic carbocycles. The number of aryl methyl sites for hydroxylation is 1. The summed E-state index contributed by atoms with van der Waals surface area (Å²) >= 11 is 0. The minimum absolute atomic E-state index is 0.0893. The highest BCUT2D eigenvalue weighted by atomic mass is 16.5. The number of phenols is 1. The molecule has 11 heteroatoms. The van der Waals surface area contributed by atoms with Gasteiger partial charge in [-0.05, 0) is 107 Å². The standard InChI is InChI=1S/C39H57N3O8/c1-10-22(2)27-18-30(45)28(34-29(19-43)32(46)33(47)31(20-44)50-34)17-26(27)16-25-12-11-24(15-23(25)3)13-14-37(4,5)35(48)42-39(8,9)36(49)41-21-38(6,7)40/h11-15,17-19,22,29,31-34,44-47H,10,16,20-21,40H2,1-9H3,(H,41,49)(H,42,48)/b14-13+/t22?,29?,31-,32-,33?,34+/m1/s1. The third kappa shape index (κ3) is 9.79. The minimum atomic E-state index is -1.47. The van der Waals surface area contributed by atoms with Gasteiger partial charge < -0.3 is 46.3 Å². The molecule has 276 valence electrons. The Kier molecular flexibility index (Phi) is 13.2. The predicted molar refractivity (Wildman–Crippen MR) is 193 cm³/mol. The Morgan fingerprint density at radius 3 is 2.24 bits per heavy atom. The van der Waals surface area contributed by atoms with Crippen molar-refractivity contribution in [1.29, 1.82) is 0 Å². The summed E-state index contributed by atoms with van der Waals surface area (Å²) in [5, 5.41) is 47.5. The Hall–Kier alpha value is -3.61. The van der Waals surface area contributed by atoms with Crippen molar-refractivity contribution in [2.45, 2.75) is 117 Å². The third-order valence-electron chi connectivity index (χ3n) is 9.60. The molecule has 50 heavy (non-hydrogen) atoms. The van der Waals surface area contributed by atoms with E-state index in [1.807, 2.05) is 31.2 Å². The Bertz CT molecular complexity index is 1560. The second kappa shape index (κ2) is 16.2. The van der Waals surface area contributed by atoms with Crippen molar-refractivity contribution in [3.8, 4) is 5.75 Å². The molecule has 0 radical (unpaired) electrons. The lowest BCUT2D eigenvalue weighted by molar-refractivity contribution is -0.207. The van der Waals surface area contributed by atoms with Crippen LogP contribution in [0.3, 0.4) is 0 Å².